The van der Waals surface area contributed by atoms with E-state index in [4.69, 9.17) is 5.73 Å². The standard InChI is InChI=1S/C11H16N6O/c1-16-7-8(5-15-16)10(12)11(18)13-6-9-3-4-14-17(9)2/h3-5,7,10H,6,12H2,1-2H3,(H,13,18). The molecule has 2 aromatic heterocycles. The monoisotopic (exact) mass is 248 g/mol. The van der Waals surface area contributed by atoms with Crippen molar-refractivity contribution >= 4 is 5.91 Å². The van der Waals surface area contributed by atoms with Crippen LogP contribution in [0.4, 0.5) is 0 Å². The molecule has 2 aromatic rings. The topological polar surface area (TPSA) is 90.8 Å². The second-order valence-corrected chi connectivity index (χ2v) is 4.09. The number of carbonyl (C=O) groups excluding carboxylic acids is 1. The minimum atomic E-state index is -0.702. The second kappa shape index (κ2) is 5.01. The predicted octanol–water partition coefficient (Wildman–Crippen LogP) is -0.530. The smallest absolute Gasteiger partial charge is 0.241 e. The Labute approximate surface area is 105 Å². The SMILES string of the molecule is Cn1cc(C(N)C(=O)NCc2ccnn2C)cn1. The molecule has 1 atom stereocenters. The van der Waals surface area contributed by atoms with Crippen molar-refractivity contribution in [3.63, 3.8) is 0 Å². The lowest BCUT2D eigenvalue weighted by Crippen LogP contribution is -2.34. The van der Waals surface area contributed by atoms with Crippen LogP contribution >= 0.6 is 0 Å². The molecular weight excluding hydrogens is 232 g/mol. The van der Waals surface area contributed by atoms with E-state index in [0.29, 0.717) is 12.1 Å². The average Bonchev–Trinajstić information content (AvgIpc) is 2.94. The number of nitrogens with zero attached hydrogens (tertiary/aromatic N) is 4. The molecule has 7 nitrogen and oxygen atoms in total. The first-order valence-corrected chi connectivity index (χ1v) is 5.56. The van der Waals surface area contributed by atoms with Gasteiger partial charge in [0.2, 0.25) is 5.91 Å². The Morgan fingerprint density at radius 2 is 2.28 bits per heavy atom. The molecule has 7 heteroatoms. The van der Waals surface area contributed by atoms with Gasteiger partial charge < -0.3 is 11.1 Å². The summed E-state index contributed by atoms with van der Waals surface area (Å²) in [7, 11) is 3.60. The Balaban J connectivity index is 1.94. The average molecular weight is 248 g/mol. The molecule has 0 aromatic carbocycles. The summed E-state index contributed by atoms with van der Waals surface area (Å²) in [6, 6.07) is 1.14. The zero-order chi connectivity index (χ0) is 13.1. The largest absolute Gasteiger partial charge is 0.349 e. The van der Waals surface area contributed by atoms with Crippen molar-refractivity contribution in [2.45, 2.75) is 12.6 Å². The lowest BCUT2D eigenvalue weighted by Gasteiger charge is -2.10. The summed E-state index contributed by atoms with van der Waals surface area (Å²) in [4.78, 5) is 11.9. The number of carbonyl (C=O) groups is 1. The van der Waals surface area contributed by atoms with Gasteiger partial charge in [-0.25, -0.2) is 0 Å². The van der Waals surface area contributed by atoms with Crippen LogP contribution in [0.25, 0.3) is 0 Å². The van der Waals surface area contributed by atoms with Gasteiger partial charge in [0.25, 0.3) is 0 Å². The van der Waals surface area contributed by atoms with Crippen LogP contribution in [-0.2, 0) is 25.4 Å². The fraction of sp³-hybridized carbons (Fsp3) is 0.364. The quantitative estimate of drug-likeness (QED) is 0.761. The minimum Gasteiger partial charge on any atom is -0.349 e. The zero-order valence-corrected chi connectivity index (χ0v) is 10.4. The van der Waals surface area contributed by atoms with Crippen molar-refractivity contribution in [3.05, 3.63) is 35.9 Å². The van der Waals surface area contributed by atoms with Crippen molar-refractivity contribution in [2.75, 3.05) is 0 Å². The summed E-state index contributed by atoms with van der Waals surface area (Å²) < 4.78 is 3.32. The lowest BCUT2D eigenvalue weighted by molar-refractivity contribution is -0.122. The molecule has 0 fully saturated rings. The van der Waals surface area contributed by atoms with E-state index in [1.165, 1.54) is 0 Å². The first-order valence-electron chi connectivity index (χ1n) is 5.56. The van der Waals surface area contributed by atoms with Crippen LogP contribution in [0.5, 0.6) is 0 Å². The Kier molecular flexibility index (Phi) is 3.42. The molecule has 0 aliphatic carbocycles. The molecule has 0 spiro atoms. The molecule has 3 N–H and O–H groups in total. The maximum absolute atomic E-state index is 11.9. The number of hydrogen-bond donors (Lipinski definition) is 2. The molecule has 2 heterocycles. The molecular formula is C11H16N6O. The Bertz CT molecular complexity index is 543. The Morgan fingerprint density at radius 1 is 1.50 bits per heavy atom. The fourth-order valence-electron chi connectivity index (χ4n) is 1.61. The molecule has 1 unspecified atom stereocenters. The summed E-state index contributed by atoms with van der Waals surface area (Å²) in [5.74, 6) is -0.232. The van der Waals surface area contributed by atoms with Crippen molar-refractivity contribution in [1.29, 1.82) is 0 Å². The molecule has 0 bridgehead atoms. The summed E-state index contributed by atoms with van der Waals surface area (Å²) in [6.45, 7) is 0.406. The molecule has 0 saturated heterocycles. The summed E-state index contributed by atoms with van der Waals surface area (Å²) >= 11 is 0. The van der Waals surface area contributed by atoms with E-state index in [-0.39, 0.29) is 5.91 Å². The van der Waals surface area contributed by atoms with Crippen molar-refractivity contribution in [2.24, 2.45) is 19.8 Å². The highest BCUT2D eigenvalue weighted by Gasteiger charge is 2.17. The van der Waals surface area contributed by atoms with E-state index in [1.807, 2.05) is 13.1 Å². The van der Waals surface area contributed by atoms with E-state index in [9.17, 15) is 4.79 Å². The highest BCUT2D eigenvalue weighted by atomic mass is 16.2. The van der Waals surface area contributed by atoms with Gasteiger partial charge in [0.05, 0.1) is 18.4 Å². The molecule has 96 valence electrons. The Morgan fingerprint density at radius 3 is 2.83 bits per heavy atom. The number of hydrogen-bond acceptors (Lipinski definition) is 4. The highest BCUT2D eigenvalue weighted by Crippen LogP contribution is 2.08. The van der Waals surface area contributed by atoms with Gasteiger partial charge >= 0.3 is 0 Å². The number of rotatable bonds is 4. The predicted molar refractivity (Wildman–Crippen MR) is 65.2 cm³/mol. The summed E-state index contributed by atoms with van der Waals surface area (Å²) in [5, 5.41) is 10.8. The first kappa shape index (κ1) is 12.3. The molecule has 18 heavy (non-hydrogen) atoms. The summed E-state index contributed by atoms with van der Waals surface area (Å²) in [5.41, 5.74) is 7.45. The van der Waals surface area contributed by atoms with Gasteiger partial charge in [0, 0.05) is 32.1 Å². The molecule has 0 aliphatic rings. The maximum Gasteiger partial charge on any atom is 0.241 e. The number of nitrogens with two attached hydrogens (primary N) is 1. The first-order chi connectivity index (χ1) is 8.58. The van der Waals surface area contributed by atoms with E-state index in [0.717, 1.165) is 5.69 Å². The van der Waals surface area contributed by atoms with Crippen molar-refractivity contribution in [1.82, 2.24) is 24.9 Å². The van der Waals surface area contributed by atoms with Gasteiger partial charge in [-0.2, -0.15) is 10.2 Å². The van der Waals surface area contributed by atoms with Gasteiger partial charge in [0.1, 0.15) is 6.04 Å². The van der Waals surface area contributed by atoms with E-state index < -0.39 is 6.04 Å². The third kappa shape index (κ3) is 2.57. The van der Waals surface area contributed by atoms with Gasteiger partial charge in [-0.05, 0) is 6.07 Å². The lowest BCUT2D eigenvalue weighted by atomic mass is 10.1. The molecule has 0 saturated carbocycles. The number of nitrogens with one attached hydrogen (secondary N) is 1. The third-order valence-corrected chi connectivity index (χ3v) is 2.73. The summed E-state index contributed by atoms with van der Waals surface area (Å²) in [6.07, 6.45) is 5.01. The second-order valence-electron chi connectivity index (χ2n) is 4.09. The number of amides is 1. The molecule has 1 amide bonds. The van der Waals surface area contributed by atoms with Gasteiger partial charge in [0.15, 0.2) is 0 Å². The number of aromatic nitrogens is 4. The van der Waals surface area contributed by atoms with Crippen LogP contribution in [0.2, 0.25) is 0 Å². The van der Waals surface area contributed by atoms with Crippen molar-refractivity contribution in [3.8, 4) is 0 Å². The van der Waals surface area contributed by atoms with Crippen LogP contribution in [0.1, 0.15) is 17.3 Å². The van der Waals surface area contributed by atoms with E-state index in [2.05, 4.69) is 15.5 Å². The van der Waals surface area contributed by atoms with E-state index >= 15 is 0 Å². The van der Waals surface area contributed by atoms with Crippen LogP contribution in [0.3, 0.4) is 0 Å². The van der Waals surface area contributed by atoms with Gasteiger partial charge in [-0.15, -0.1) is 0 Å². The van der Waals surface area contributed by atoms with E-state index in [1.54, 1.807) is 35.0 Å². The normalized spacial score (nSPS) is 12.4. The molecule has 0 aliphatic heterocycles. The third-order valence-electron chi connectivity index (χ3n) is 2.73. The van der Waals surface area contributed by atoms with Crippen LogP contribution in [-0.4, -0.2) is 25.5 Å². The van der Waals surface area contributed by atoms with Crippen LogP contribution < -0.4 is 11.1 Å². The maximum atomic E-state index is 11.9. The molecule has 0 radical (unpaired) electrons. The zero-order valence-electron chi connectivity index (χ0n) is 10.4. The minimum absolute atomic E-state index is 0.232. The number of aryl methyl sites for hydroxylation is 2. The van der Waals surface area contributed by atoms with Crippen LogP contribution in [0, 0.1) is 0 Å². The highest BCUT2D eigenvalue weighted by molar-refractivity contribution is 5.82. The van der Waals surface area contributed by atoms with Gasteiger partial charge in [-0.3, -0.25) is 14.2 Å². The fourth-order valence-corrected chi connectivity index (χ4v) is 1.61. The van der Waals surface area contributed by atoms with Gasteiger partial charge in [-0.1, -0.05) is 0 Å². The van der Waals surface area contributed by atoms with Crippen LogP contribution in [0.15, 0.2) is 24.7 Å². The molecule has 2 rings (SSSR count). The Hall–Kier alpha value is -2.15. The van der Waals surface area contributed by atoms with Crippen molar-refractivity contribution < 1.29 is 4.79 Å².